The number of nitro groups is 1. The lowest BCUT2D eigenvalue weighted by molar-refractivity contribution is -0.384. The molecule has 2 N–H and O–H groups in total. The molecule has 0 fully saturated rings. The number of hydrogen-bond acceptors (Lipinski definition) is 6. The quantitative estimate of drug-likeness (QED) is 0.264. The van der Waals surface area contributed by atoms with Gasteiger partial charge in [0.1, 0.15) is 0 Å². The van der Waals surface area contributed by atoms with Crippen LogP contribution in [-0.2, 0) is 19.6 Å². The van der Waals surface area contributed by atoms with Gasteiger partial charge in [-0.1, -0.05) is 0 Å². The van der Waals surface area contributed by atoms with E-state index in [2.05, 4.69) is 10.0 Å². The first-order valence-electron chi connectivity index (χ1n) is 8.64. The highest BCUT2D eigenvalue weighted by Crippen LogP contribution is 2.15. The lowest BCUT2D eigenvalue weighted by Crippen LogP contribution is -2.25. The second kappa shape index (κ2) is 10.5. The normalized spacial score (nSPS) is 11.5. The van der Waals surface area contributed by atoms with Gasteiger partial charge in [-0.25, -0.2) is 13.1 Å². The number of hydrogen-bond donors (Lipinski definition) is 2. The number of ether oxygens (including phenoxy) is 1. The Morgan fingerprint density at radius 1 is 1.14 bits per heavy atom. The number of benzene rings is 2. The molecule has 0 spiro atoms. The molecule has 10 heteroatoms. The number of nitrogens with zero attached hydrogens (tertiary/aromatic N) is 1. The highest BCUT2D eigenvalue weighted by Gasteiger charge is 2.13. The summed E-state index contributed by atoms with van der Waals surface area (Å²) in [5, 5.41) is 13.2. The van der Waals surface area contributed by atoms with Crippen LogP contribution in [0.3, 0.4) is 0 Å². The number of nitro benzene ring substituents is 1. The van der Waals surface area contributed by atoms with Gasteiger partial charge in [-0.15, -0.1) is 0 Å². The number of nitrogens with one attached hydrogen (secondary N) is 2. The first-order valence-corrected chi connectivity index (χ1v) is 10.1. The maximum Gasteiger partial charge on any atom is 0.269 e. The summed E-state index contributed by atoms with van der Waals surface area (Å²) in [6.45, 7) is 0.725. The van der Waals surface area contributed by atoms with Crippen LogP contribution >= 0.6 is 0 Å². The predicted molar refractivity (Wildman–Crippen MR) is 109 cm³/mol. The molecule has 0 aliphatic heterocycles. The number of anilines is 1. The van der Waals surface area contributed by atoms with E-state index >= 15 is 0 Å². The zero-order valence-electron chi connectivity index (χ0n) is 15.7. The third-order valence-electron chi connectivity index (χ3n) is 3.78. The molecule has 2 aromatic carbocycles. The molecule has 0 aliphatic carbocycles. The molecule has 0 saturated carbocycles. The van der Waals surface area contributed by atoms with E-state index in [1.807, 2.05) is 0 Å². The third kappa shape index (κ3) is 7.11. The minimum atomic E-state index is -3.62. The van der Waals surface area contributed by atoms with E-state index in [-0.39, 0.29) is 17.1 Å². The molecule has 0 saturated heterocycles. The maximum absolute atomic E-state index is 12.2. The van der Waals surface area contributed by atoms with E-state index in [1.165, 1.54) is 60.7 Å². The van der Waals surface area contributed by atoms with E-state index in [0.717, 1.165) is 0 Å². The van der Waals surface area contributed by atoms with E-state index in [1.54, 1.807) is 7.11 Å². The van der Waals surface area contributed by atoms with Crippen LogP contribution in [0, 0.1) is 10.1 Å². The average Bonchev–Trinajstić information content (AvgIpc) is 2.70. The van der Waals surface area contributed by atoms with Crippen molar-refractivity contribution in [3.05, 3.63) is 70.3 Å². The molecule has 0 atom stereocenters. The first-order chi connectivity index (χ1) is 13.8. The van der Waals surface area contributed by atoms with Crippen LogP contribution in [0.25, 0.3) is 6.08 Å². The summed E-state index contributed by atoms with van der Waals surface area (Å²) in [5.74, 6) is -0.420. The van der Waals surface area contributed by atoms with Gasteiger partial charge in [0.15, 0.2) is 0 Å². The van der Waals surface area contributed by atoms with Gasteiger partial charge in [0.25, 0.3) is 5.69 Å². The van der Waals surface area contributed by atoms with E-state index in [4.69, 9.17) is 4.74 Å². The van der Waals surface area contributed by atoms with Crippen LogP contribution in [0.1, 0.15) is 12.0 Å². The van der Waals surface area contributed by atoms with Gasteiger partial charge < -0.3 is 10.1 Å². The van der Waals surface area contributed by atoms with Crippen molar-refractivity contribution >= 4 is 33.4 Å². The molecule has 0 bridgehead atoms. The van der Waals surface area contributed by atoms with Crippen LogP contribution in [0.15, 0.2) is 59.5 Å². The van der Waals surface area contributed by atoms with Crippen molar-refractivity contribution in [2.75, 3.05) is 25.6 Å². The molecule has 9 nitrogen and oxygen atoms in total. The van der Waals surface area contributed by atoms with Gasteiger partial charge in [-0.3, -0.25) is 14.9 Å². The summed E-state index contributed by atoms with van der Waals surface area (Å²) in [7, 11) is -2.08. The van der Waals surface area contributed by atoms with Gasteiger partial charge in [0, 0.05) is 44.2 Å². The van der Waals surface area contributed by atoms with Crippen LogP contribution in [-0.4, -0.2) is 39.5 Å². The fourth-order valence-corrected chi connectivity index (χ4v) is 3.36. The number of carbonyl (C=O) groups is 1. The predicted octanol–water partition coefficient (Wildman–Crippen LogP) is 2.56. The monoisotopic (exact) mass is 419 g/mol. The van der Waals surface area contributed by atoms with E-state index in [0.29, 0.717) is 24.3 Å². The summed E-state index contributed by atoms with van der Waals surface area (Å²) in [6.07, 6.45) is 3.36. The molecule has 2 aromatic rings. The Balaban J connectivity index is 1.93. The van der Waals surface area contributed by atoms with Crippen molar-refractivity contribution in [1.29, 1.82) is 0 Å². The Morgan fingerprint density at radius 3 is 2.38 bits per heavy atom. The minimum Gasteiger partial charge on any atom is -0.385 e. The maximum atomic E-state index is 12.2. The van der Waals surface area contributed by atoms with Gasteiger partial charge in [0.2, 0.25) is 15.9 Å². The van der Waals surface area contributed by atoms with Gasteiger partial charge >= 0.3 is 0 Å². The zero-order chi connectivity index (χ0) is 21.3. The Morgan fingerprint density at radius 2 is 1.79 bits per heavy atom. The highest BCUT2D eigenvalue weighted by molar-refractivity contribution is 7.89. The van der Waals surface area contributed by atoms with Crippen molar-refractivity contribution in [3.63, 3.8) is 0 Å². The van der Waals surface area contributed by atoms with Crippen LogP contribution < -0.4 is 10.0 Å². The Kier molecular flexibility index (Phi) is 8.01. The fourth-order valence-electron chi connectivity index (χ4n) is 2.29. The molecule has 154 valence electrons. The summed E-state index contributed by atoms with van der Waals surface area (Å²) >= 11 is 0. The zero-order valence-corrected chi connectivity index (χ0v) is 16.5. The Hall–Kier alpha value is -3.08. The summed E-state index contributed by atoms with van der Waals surface area (Å²) in [5.41, 5.74) is 1.03. The number of sulfonamides is 1. The van der Waals surface area contributed by atoms with E-state index in [9.17, 15) is 23.3 Å². The molecule has 2 rings (SSSR count). The van der Waals surface area contributed by atoms with Crippen molar-refractivity contribution < 1.29 is 22.9 Å². The largest absolute Gasteiger partial charge is 0.385 e. The molecule has 0 aliphatic rings. The smallest absolute Gasteiger partial charge is 0.269 e. The van der Waals surface area contributed by atoms with Crippen molar-refractivity contribution in [3.8, 4) is 0 Å². The van der Waals surface area contributed by atoms with Crippen LogP contribution in [0.2, 0.25) is 0 Å². The van der Waals surface area contributed by atoms with Gasteiger partial charge in [0.05, 0.1) is 9.82 Å². The van der Waals surface area contributed by atoms with Crippen LogP contribution in [0.5, 0.6) is 0 Å². The highest BCUT2D eigenvalue weighted by atomic mass is 32.2. The average molecular weight is 419 g/mol. The Bertz CT molecular complexity index is 970. The SMILES string of the molecule is COCCCNS(=O)(=O)c1ccc(NC(=O)C=Cc2ccc([N+](=O)[O-])cc2)cc1. The minimum absolute atomic E-state index is 0.0326. The first kappa shape index (κ1) is 22.2. The number of methoxy groups -OCH3 is 1. The number of non-ortho nitro benzene ring substituents is 1. The second-order valence-electron chi connectivity index (χ2n) is 5.94. The topological polar surface area (TPSA) is 128 Å². The van der Waals surface area contributed by atoms with Crippen molar-refractivity contribution in [2.45, 2.75) is 11.3 Å². The van der Waals surface area contributed by atoms with Gasteiger partial charge in [-0.2, -0.15) is 0 Å². The second-order valence-corrected chi connectivity index (χ2v) is 7.71. The van der Waals surface area contributed by atoms with E-state index < -0.39 is 20.9 Å². The molecule has 0 aromatic heterocycles. The molecular weight excluding hydrogens is 398 g/mol. The van der Waals surface area contributed by atoms with Crippen molar-refractivity contribution in [2.24, 2.45) is 0 Å². The molecule has 0 unspecified atom stereocenters. The summed E-state index contributed by atoms with van der Waals surface area (Å²) in [4.78, 5) is 22.2. The molecule has 29 heavy (non-hydrogen) atoms. The van der Waals surface area contributed by atoms with Crippen molar-refractivity contribution in [1.82, 2.24) is 4.72 Å². The summed E-state index contributed by atoms with van der Waals surface area (Å²) in [6, 6.07) is 11.5. The molecule has 1 amide bonds. The Labute approximate surface area is 168 Å². The fraction of sp³-hybridized carbons (Fsp3) is 0.211. The molecular formula is C19H21N3O6S. The number of rotatable bonds is 10. The molecule has 0 heterocycles. The standard InChI is InChI=1S/C19H21N3O6S/c1-28-14-2-13-20-29(26,27)18-10-6-16(7-11-18)21-19(23)12-5-15-3-8-17(9-4-15)22(24)25/h3-12,20H,2,13-14H2,1H3,(H,21,23). The summed E-state index contributed by atoms with van der Waals surface area (Å²) < 4.78 is 31.7. The van der Waals surface area contributed by atoms with Crippen LogP contribution in [0.4, 0.5) is 11.4 Å². The third-order valence-corrected chi connectivity index (χ3v) is 5.26. The lowest BCUT2D eigenvalue weighted by Gasteiger charge is -2.08. The van der Waals surface area contributed by atoms with Gasteiger partial charge in [-0.05, 0) is 54.5 Å². The molecule has 0 radical (unpaired) electrons. The lowest BCUT2D eigenvalue weighted by atomic mass is 10.2. The number of amides is 1. The number of carbonyl (C=O) groups excluding carboxylic acids is 1.